The molecule has 17 heavy (non-hydrogen) atoms. The predicted molar refractivity (Wildman–Crippen MR) is 62.3 cm³/mol. The van der Waals surface area contributed by atoms with Crippen LogP contribution in [0.3, 0.4) is 0 Å². The van der Waals surface area contributed by atoms with E-state index in [0.717, 1.165) is 0 Å². The first-order valence-electron chi connectivity index (χ1n) is 4.68. The Hall–Kier alpha value is -2.09. The van der Waals surface area contributed by atoms with Crippen molar-refractivity contribution in [1.82, 2.24) is 20.2 Å². The average Bonchev–Trinajstić information content (AvgIpc) is 2.67. The van der Waals surface area contributed by atoms with Gasteiger partial charge in [-0.2, -0.15) is 0 Å². The van der Waals surface area contributed by atoms with E-state index in [4.69, 9.17) is 11.5 Å². The zero-order chi connectivity index (χ0) is 12.4. The second kappa shape index (κ2) is 4.42. The Morgan fingerprint density at radius 1 is 1.47 bits per heavy atom. The molecule has 0 fully saturated rings. The van der Waals surface area contributed by atoms with Crippen LogP contribution in [0, 0.1) is 0 Å². The normalized spacial score (nSPS) is 10.4. The van der Waals surface area contributed by atoms with Crippen molar-refractivity contribution in [3.8, 4) is 0 Å². The highest BCUT2D eigenvalue weighted by atomic mass is 32.2. The summed E-state index contributed by atoms with van der Waals surface area (Å²) in [6, 6.07) is 5.07. The van der Waals surface area contributed by atoms with Crippen molar-refractivity contribution in [2.45, 2.75) is 10.1 Å². The second-order valence-corrected chi connectivity index (χ2v) is 4.28. The maximum Gasteiger partial charge on any atom is 0.250 e. The molecule has 0 spiro atoms. The van der Waals surface area contributed by atoms with E-state index in [1.165, 1.54) is 16.4 Å². The van der Waals surface area contributed by atoms with Crippen molar-refractivity contribution in [2.24, 2.45) is 12.8 Å². The van der Waals surface area contributed by atoms with Gasteiger partial charge in [0.25, 0.3) is 5.91 Å². The number of hydrogen-bond donors (Lipinski definition) is 2. The van der Waals surface area contributed by atoms with Gasteiger partial charge in [0.2, 0.25) is 5.16 Å². The number of nitrogens with zero attached hydrogens (tertiary/aromatic N) is 4. The van der Waals surface area contributed by atoms with Gasteiger partial charge in [-0.05, 0) is 34.3 Å². The van der Waals surface area contributed by atoms with Gasteiger partial charge in [0.05, 0.1) is 11.3 Å². The van der Waals surface area contributed by atoms with Crippen LogP contribution in [-0.4, -0.2) is 26.1 Å². The summed E-state index contributed by atoms with van der Waals surface area (Å²) >= 11 is 1.27. The third-order valence-electron chi connectivity index (χ3n) is 2.11. The number of tetrazole rings is 1. The Bertz CT molecular complexity index is 566. The number of nitrogens with two attached hydrogens (primary N) is 2. The number of nitrogen functional groups attached to an aromatic ring is 1. The first kappa shape index (κ1) is 11.4. The van der Waals surface area contributed by atoms with Crippen molar-refractivity contribution >= 4 is 23.4 Å². The maximum absolute atomic E-state index is 11.1. The van der Waals surface area contributed by atoms with Crippen LogP contribution >= 0.6 is 11.8 Å². The van der Waals surface area contributed by atoms with Gasteiger partial charge < -0.3 is 11.5 Å². The van der Waals surface area contributed by atoms with Crippen molar-refractivity contribution < 1.29 is 4.79 Å². The molecule has 1 heterocycles. The number of benzene rings is 1. The zero-order valence-electron chi connectivity index (χ0n) is 8.99. The molecule has 2 aromatic rings. The van der Waals surface area contributed by atoms with Gasteiger partial charge in [-0.25, -0.2) is 4.68 Å². The van der Waals surface area contributed by atoms with Crippen molar-refractivity contribution in [3.05, 3.63) is 23.8 Å². The van der Waals surface area contributed by atoms with Gasteiger partial charge in [0.15, 0.2) is 0 Å². The van der Waals surface area contributed by atoms with Crippen LogP contribution in [0.5, 0.6) is 0 Å². The number of carbonyl (C=O) groups excluding carboxylic acids is 1. The lowest BCUT2D eigenvalue weighted by molar-refractivity contribution is 0.100. The Kier molecular flexibility index (Phi) is 2.96. The Morgan fingerprint density at radius 2 is 2.24 bits per heavy atom. The standard InChI is InChI=1S/C9H10N6OS/c1-15-9(12-13-14-15)17-6-4-2-3-5(7(6)10)8(11)16/h2-4H,10H2,1H3,(H2,11,16). The molecule has 0 unspecified atom stereocenters. The van der Waals surface area contributed by atoms with Crippen LogP contribution in [-0.2, 0) is 7.05 Å². The highest BCUT2D eigenvalue weighted by Gasteiger charge is 2.12. The maximum atomic E-state index is 11.1. The lowest BCUT2D eigenvalue weighted by Crippen LogP contribution is -2.13. The van der Waals surface area contributed by atoms with E-state index in [-0.39, 0.29) is 0 Å². The molecule has 0 bridgehead atoms. The third-order valence-corrected chi connectivity index (χ3v) is 3.22. The number of amides is 1. The smallest absolute Gasteiger partial charge is 0.250 e. The number of hydrogen-bond acceptors (Lipinski definition) is 6. The fraction of sp³-hybridized carbons (Fsp3) is 0.111. The monoisotopic (exact) mass is 250 g/mol. The summed E-state index contributed by atoms with van der Waals surface area (Å²) in [6.45, 7) is 0. The summed E-state index contributed by atoms with van der Waals surface area (Å²) in [5.41, 5.74) is 11.7. The molecular formula is C9H10N6OS. The molecule has 0 saturated carbocycles. The minimum absolute atomic E-state index is 0.296. The van der Waals surface area contributed by atoms with Gasteiger partial charge in [-0.3, -0.25) is 4.79 Å². The van der Waals surface area contributed by atoms with Crippen molar-refractivity contribution in [2.75, 3.05) is 5.73 Å². The average molecular weight is 250 g/mol. The molecule has 8 heteroatoms. The molecule has 0 aliphatic rings. The number of rotatable bonds is 3. The first-order valence-corrected chi connectivity index (χ1v) is 5.49. The van der Waals surface area contributed by atoms with E-state index in [0.29, 0.717) is 21.3 Å². The van der Waals surface area contributed by atoms with Crippen molar-refractivity contribution in [1.29, 1.82) is 0 Å². The summed E-state index contributed by atoms with van der Waals surface area (Å²) in [7, 11) is 1.72. The third kappa shape index (κ3) is 2.21. The highest BCUT2D eigenvalue weighted by Crippen LogP contribution is 2.31. The minimum Gasteiger partial charge on any atom is -0.397 e. The van der Waals surface area contributed by atoms with Crippen molar-refractivity contribution in [3.63, 3.8) is 0 Å². The topological polar surface area (TPSA) is 113 Å². The first-order chi connectivity index (χ1) is 8.09. The molecule has 1 aromatic carbocycles. The molecular weight excluding hydrogens is 240 g/mol. The summed E-state index contributed by atoms with van der Waals surface area (Å²) in [5.74, 6) is -0.555. The molecule has 88 valence electrons. The summed E-state index contributed by atoms with van der Waals surface area (Å²) < 4.78 is 1.51. The predicted octanol–water partition coefficient (Wildman–Crippen LogP) is 0.0424. The lowest BCUT2D eigenvalue weighted by atomic mass is 10.2. The van der Waals surface area contributed by atoms with E-state index in [2.05, 4.69) is 15.5 Å². The number of aromatic nitrogens is 4. The SMILES string of the molecule is Cn1nnnc1Sc1cccc(C(N)=O)c1N. The van der Waals surface area contributed by atoms with Crippen LogP contribution in [0.15, 0.2) is 28.3 Å². The Labute approximate surface area is 101 Å². The van der Waals surface area contributed by atoms with Gasteiger partial charge in [0, 0.05) is 11.9 Å². The van der Waals surface area contributed by atoms with E-state index < -0.39 is 5.91 Å². The molecule has 0 saturated heterocycles. The second-order valence-electron chi connectivity index (χ2n) is 3.27. The van der Waals surface area contributed by atoms with Gasteiger partial charge in [-0.1, -0.05) is 6.07 Å². The van der Waals surface area contributed by atoms with Crippen LogP contribution in [0.1, 0.15) is 10.4 Å². The van der Waals surface area contributed by atoms with Gasteiger partial charge >= 0.3 is 0 Å². The van der Waals surface area contributed by atoms with Crippen LogP contribution in [0.25, 0.3) is 0 Å². The number of anilines is 1. The van der Waals surface area contributed by atoms with Crippen LogP contribution < -0.4 is 11.5 Å². The van der Waals surface area contributed by atoms with E-state index in [1.54, 1.807) is 25.2 Å². The van der Waals surface area contributed by atoms with Crippen LogP contribution in [0.4, 0.5) is 5.69 Å². The quantitative estimate of drug-likeness (QED) is 0.744. The lowest BCUT2D eigenvalue weighted by Gasteiger charge is -2.06. The molecule has 2 rings (SSSR count). The Balaban J connectivity index is 2.37. The fourth-order valence-corrected chi connectivity index (χ4v) is 2.06. The molecule has 7 nitrogen and oxygen atoms in total. The van der Waals surface area contributed by atoms with E-state index >= 15 is 0 Å². The van der Waals surface area contributed by atoms with Gasteiger partial charge in [0.1, 0.15) is 0 Å². The minimum atomic E-state index is -0.555. The number of aryl methyl sites for hydroxylation is 1. The molecule has 4 N–H and O–H groups in total. The molecule has 0 aliphatic heterocycles. The Morgan fingerprint density at radius 3 is 2.82 bits per heavy atom. The fourth-order valence-electron chi connectivity index (χ4n) is 1.25. The molecule has 1 aromatic heterocycles. The highest BCUT2D eigenvalue weighted by molar-refractivity contribution is 7.99. The number of primary amides is 1. The summed E-state index contributed by atoms with van der Waals surface area (Å²) in [5, 5.41) is 11.6. The molecule has 0 atom stereocenters. The number of carbonyl (C=O) groups is 1. The molecule has 0 radical (unpaired) electrons. The molecule has 0 aliphatic carbocycles. The van der Waals surface area contributed by atoms with E-state index in [9.17, 15) is 4.79 Å². The van der Waals surface area contributed by atoms with Crippen LogP contribution in [0.2, 0.25) is 0 Å². The van der Waals surface area contributed by atoms with E-state index in [1.807, 2.05) is 0 Å². The summed E-state index contributed by atoms with van der Waals surface area (Å²) in [6.07, 6.45) is 0. The number of para-hydroxylation sites is 1. The molecule has 1 amide bonds. The zero-order valence-corrected chi connectivity index (χ0v) is 9.81. The largest absolute Gasteiger partial charge is 0.397 e. The van der Waals surface area contributed by atoms with Gasteiger partial charge in [-0.15, -0.1) is 5.10 Å². The summed E-state index contributed by atoms with van der Waals surface area (Å²) in [4.78, 5) is 11.8.